The minimum atomic E-state index is -0.428. The van der Waals surface area contributed by atoms with Crippen LogP contribution in [0, 0.1) is 5.92 Å². The van der Waals surface area contributed by atoms with E-state index in [4.69, 9.17) is 0 Å². The van der Waals surface area contributed by atoms with Crippen LogP contribution in [0.1, 0.15) is 51.7 Å². The molecule has 0 aliphatic carbocycles. The molecule has 144 valence electrons. The summed E-state index contributed by atoms with van der Waals surface area (Å²) in [5.41, 5.74) is 2.68. The van der Waals surface area contributed by atoms with Gasteiger partial charge in [-0.1, -0.05) is 52.0 Å². The first-order valence-electron chi connectivity index (χ1n) is 9.65. The maximum Gasteiger partial charge on any atom is 0.245 e. The normalized spacial score (nSPS) is 16.8. The zero-order valence-corrected chi connectivity index (χ0v) is 16.8. The van der Waals surface area contributed by atoms with Crippen molar-refractivity contribution in [3.05, 3.63) is 35.4 Å². The molecule has 1 aromatic rings. The number of hydrogen-bond donors (Lipinski definition) is 1. The van der Waals surface area contributed by atoms with Crippen LogP contribution in [0.4, 0.5) is 0 Å². The van der Waals surface area contributed by atoms with E-state index in [0.29, 0.717) is 19.0 Å². The van der Waals surface area contributed by atoms with Gasteiger partial charge in [-0.05, 0) is 23.0 Å². The molecule has 5 heteroatoms. The summed E-state index contributed by atoms with van der Waals surface area (Å²) < 4.78 is 0. The lowest BCUT2D eigenvalue weighted by Gasteiger charge is -2.37. The van der Waals surface area contributed by atoms with E-state index in [1.54, 1.807) is 0 Å². The van der Waals surface area contributed by atoms with E-state index in [0.717, 1.165) is 19.6 Å². The molecule has 1 saturated heterocycles. The predicted molar refractivity (Wildman–Crippen MR) is 105 cm³/mol. The fraction of sp³-hybridized carbons (Fsp3) is 0.619. The van der Waals surface area contributed by atoms with Gasteiger partial charge in [0.2, 0.25) is 11.8 Å². The Bertz CT molecular complexity index is 602. The number of carbonyl (C=O) groups is 2. The number of hydrogen-bond acceptors (Lipinski definition) is 3. The number of nitrogens with zero attached hydrogens (tertiary/aromatic N) is 2. The summed E-state index contributed by atoms with van der Waals surface area (Å²) in [5.74, 6) is 0.525. The standard InChI is InChI=1S/C21H33N3O2/c1-15(2)19-8-6-18(7-9-19)14-23-10-12-24(13-11-23)21(26)20(16(3)4)22-17(5)25/h6-9,15-16,20H,10-14H2,1-5H3,(H,22,25)/t20-/m1/s1. The average molecular weight is 360 g/mol. The molecule has 1 aliphatic heterocycles. The van der Waals surface area contributed by atoms with Crippen molar-refractivity contribution in [2.24, 2.45) is 5.92 Å². The summed E-state index contributed by atoms with van der Waals surface area (Å²) in [6.45, 7) is 13.9. The van der Waals surface area contributed by atoms with E-state index >= 15 is 0 Å². The predicted octanol–water partition coefficient (Wildman–Crippen LogP) is 2.61. The summed E-state index contributed by atoms with van der Waals surface area (Å²) in [6.07, 6.45) is 0. The van der Waals surface area contributed by atoms with Crippen molar-refractivity contribution in [2.45, 2.75) is 53.1 Å². The third kappa shape index (κ3) is 5.56. The summed E-state index contributed by atoms with van der Waals surface area (Å²) in [7, 11) is 0. The summed E-state index contributed by atoms with van der Waals surface area (Å²) in [5, 5.41) is 2.80. The molecule has 1 heterocycles. The third-order valence-corrected chi connectivity index (χ3v) is 5.03. The lowest BCUT2D eigenvalue weighted by atomic mass is 10.0. The second kappa shape index (κ2) is 9.17. The Labute approximate surface area is 157 Å². The number of piperazine rings is 1. The topological polar surface area (TPSA) is 52.7 Å². The number of carbonyl (C=O) groups excluding carboxylic acids is 2. The molecule has 1 fully saturated rings. The van der Waals surface area contributed by atoms with E-state index in [2.05, 4.69) is 48.3 Å². The SMILES string of the molecule is CC(=O)N[C@@H](C(=O)N1CCN(Cc2ccc(C(C)C)cc2)CC1)C(C)C. The number of rotatable bonds is 6. The van der Waals surface area contributed by atoms with Crippen LogP contribution in [0.3, 0.4) is 0 Å². The van der Waals surface area contributed by atoms with Gasteiger partial charge in [-0.15, -0.1) is 0 Å². The summed E-state index contributed by atoms with van der Waals surface area (Å²) in [6, 6.07) is 8.40. The van der Waals surface area contributed by atoms with Crippen molar-refractivity contribution in [1.82, 2.24) is 15.1 Å². The number of nitrogens with one attached hydrogen (secondary N) is 1. The fourth-order valence-electron chi connectivity index (χ4n) is 3.32. The minimum Gasteiger partial charge on any atom is -0.344 e. The monoisotopic (exact) mass is 359 g/mol. The van der Waals surface area contributed by atoms with Crippen LogP contribution in [0.15, 0.2) is 24.3 Å². The van der Waals surface area contributed by atoms with Gasteiger partial charge in [0, 0.05) is 39.6 Å². The molecule has 0 spiro atoms. The van der Waals surface area contributed by atoms with Gasteiger partial charge in [0.25, 0.3) is 0 Å². The molecule has 26 heavy (non-hydrogen) atoms. The highest BCUT2D eigenvalue weighted by molar-refractivity contribution is 5.87. The van der Waals surface area contributed by atoms with Gasteiger partial charge >= 0.3 is 0 Å². The largest absolute Gasteiger partial charge is 0.344 e. The van der Waals surface area contributed by atoms with Crippen molar-refractivity contribution >= 4 is 11.8 Å². The smallest absolute Gasteiger partial charge is 0.245 e. The van der Waals surface area contributed by atoms with Gasteiger partial charge in [0.1, 0.15) is 6.04 Å². The van der Waals surface area contributed by atoms with Gasteiger partial charge in [-0.2, -0.15) is 0 Å². The van der Waals surface area contributed by atoms with Gasteiger partial charge in [0.15, 0.2) is 0 Å². The Morgan fingerprint density at radius 3 is 2.04 bits per heavy atom. The highest BCUT2D eigenvalue weighted by atomic mass is 16.2. The van der Waals surface area contributed by atoms with Crippen LogP contribution in [-0.4, -0.2) is 53.8 Å². The van der Waals surface area contributed by atoms with E-state index in [1.165, 1.54) is 18.1 Å². The Balaban J connectivity index is 1.87. The van der Waals surface area contributed by atoms with Crippen molar-refractivity contribution < 1.29 is 9.59 Å². The zero-order chi connectivity index (χ0) is 19.3. The van der Waals surface area contributed by atoms with Gasteiger partial charge in [0.05, 0.1) is 0 Å². The average Bonchev–Trinajstić information content (AvgIpc) is 2.60. The quantitative estimate of drug-likeness (QED) is 0.849. The molecular formula is C21H33N3O2. The first-order valence-corrected chi connectivity index (χ1v) is 9.65. The number of benzene rings is 1. The molecular weight excluding hydrogens is 326 g/mol. The van der Waals surface area contributed by atoms with Gasteiger partial charge < -0.3 is 10.2 Å². The first-order chi connectivity index (χ1) is 12.3. The molecule has 0 bridgehead atoms. The van der Waals surface area contributed by atoms with Crippen LogP contribution in [0.25, 0.3) is 0 Å². The molecule has 0 saturated carbocycles. The molecule has 2 rings (SSSR count). The minimum absolute atomic E-state index is 0.0381. The Morgan fingerprint density at radius 1 is 1.00 bits per heavy atom. The van der Waals surface area contributed by atoms with Crippen LogP contribution >= 0.6 is 0 Å². The maximum absolute atomic E-state index is 12.7. The summed E-state index contributed by atoms with van der Waals surface area (Å²) >= 11 is 0. The highest BCUT2D eigenvalue weighted by Crippen LogP contribution is 2.17. The second-order valence-electron chi connectivity index (χ2n) is 7.92. The molecule has 0 aromatic heterocycles. The van der Waals surface area contributed by atoms with Crippen LogP contribution in [0.2, 0.25) is 0 Å². The zero-order valence-electron chi connectivity index (χ0n) is 16.8. The van der Waals surface area contributed by atoms with E-state index in [9.17, 15) is 9.59 Å². The third-order valence-electron chi connectivity index (χ3n) is 5.03. The van der Waals surface area contributed by atoms with Gasteiger partial charge in [-0.3, -0.25) is 14.5 Å². The van der Waals surface area contributed by atoms with Crippen molar-refractivity contribution in [2.75, 3.05) is 26.2 Å². The molecule has 0 radical (unpaired) electrons. The Morgan fingerprint density at radius 2 is 1.58 bits per heavy atom. The summed E-state index contributed by atoms with van der Waals surface area (Å²) in [4.78, 5) is 28.4. The Kier molecular flexibility index (Phi) is 7.21. The van der Waals surface area contributed by atoms with Crippen LogP contribution in [-0.2, 0) is 16.1 Å². The highest BCUT2D eigenvalue weighted by Gasteiger charge is 2.29. The number of amides is 2. The molecule has 0 unspecified atom stereocenters. The molecule has 5 nitrogen and oxygen atoms in total. The lowest BCUT2D eigenvalue weighted by Crippen LogP contribution is -2.56. The molecule has 2 amide bonds. The molecule has 1 aliphatic rings. The van der Waals surface area contributed by atoms with Crippen LogP contribution < -0.4 is 5.32 Å². The van der Waals surface area contributed by atoms with E-state index in [-0.39, 0.29) is 17.7 Å². The van der Waals surface area contributed by atoms with Crippen molar-refractivity contribution in [1.29, 1.82) is 0 Å². The first kappa shape index (κ1) is 20.4. The van der Waals surface area contributed by atoms with Crippen LogP contribution in [0.5, 0.6) is 0 Å². The van der Waals surface area contributed by atoms with Crippen molar-refractivity contribution in [3.63, 3.8) is 0 Å². The van der Waals surface area contributed by atoms with E-state index < -0.39 is 6.04 Å². The lowest BCUT2D eigenvalue weighted by molar-refractivity contribution is -0.138. The molecule has 1 atom stereocenters. The van der Waals surface area contributed by atoms with Crippen molar-refractivity contribution in [3.8, 4) is 0 Å². The van der Waals surface area contributed by atoms with E-state index in [1.807, 2.05) is 18.7 Å². The fourth-order valence-corrected chi connectivity index (χ4v) is 3.32. The Hall–Kier alpha value is -1.88. The molecule has 1 N–H and O–H groups in total. The van der Waals surface area contributed by atoms with Gasteiger partial charge in [-0.25, -0.2) is 0 Å². The molecule has 1 aromatic carbocycles. The maximum atomic E-state index is 12.7. The second-order valence-corrected chi connectivity index (χ2v) is 7.92.